The van der Waals surface area contributed by atoms with Gasteiger partial charge in [-0.3, -0.25) is 14.6 Å². The van der Waals surface area contributed by atoms with Gasteiger partial charge in [0.15, 0.2) is 11.6 Å². The minimum Gasteiger partial charge on any atom is -0.495 e. The van der Waals surface area contributed by atoms with Crippen molar-refractivity contribution in [2.24, 2.45) is 0 Å². The van der Waals surface area contributed by atoms with E-state index < -0.39 is 11.9 Å². The summed E-state index contributed by atoms with van der Waals surface area (Å²) < 4.78 is 24.4. The zero-order chi connectivity index (χ0) is 24.0. The number of benzene rings is 2. The fourth-order valence-electron chi connectivity index (χ4n) is 3.88. The lowest BCUT2D eigenvalue weighted by molar-refractivity contribution is -0.118. The molecule has 180 valence electrons. The fraction of sp³-hybridized carbons (Fsp3) is 0.458. The number of β-amino-alcohol motifs (C(OH)–C–C–N with tert-alkyl or cyclic N) is 1. The van der Waals surface area contributed by atoms with Crippen LogP contribution in [0, 0.1) is 12.7 Å². The van der Waals surface area contributed by atoms with Crippen LogP contribution in [0.25, 0.3) is 0 Å². The molecule has 0 spiro atoms. The predicted molar refractivity (Wildman–Crippen MR) is 127 cm³/mol. The van der Waals surface area contributed by atoms with Crippen molar-refractivity contribution in [1.82, 2.24) is 9.80 Å². The Morgan fingerprint density at radius 1 is 1.30 bits per heavy atom. The Bertz CT molecular complexity index is 961. The van der Waals surface area contributed by atoms with Crippen LogP contribution in [0.1, 0.15) is 12.5 Å². The summed E-state index contributed by atoms with van der Waals surface area (Å²) >= 11 is 6.13. The van der Waals surface area contributed by atoms with Crippen LogP contribution in [0.5, 0.6) is 11.5 Å². The second-order valence-electron chi connectivity index (χ2n) is 8.32. The number of aryl methyl sites for hydroxylation is 1. The number of carbonyl (C=O) groups is 1. The minimum atomic E-state index is -0.748. The van der Waals surface area contributed by atoms with E-state index >= 15 is 0 Å². The van der Waals surface area contributed by atoms with E-state index in [1.54, 1.807) is 24.3 Å². The molecule has 0 bridgehead atoms. The average molecular weight is 480 g/mol. The first-order valence-electron chi connectivity index (χ1n) is 10.9. The van der Waals surface area contributed by atoms with Crippen LogP contribution in [-0.4, -0.2) is 79.4 Å². The highest BCUT2D eigenvalue weighted by Gasteiger charge is 2.27. The molecule has 0 aliphatic carbocycles. The zero-order valence-corrected chi connectivity index (χ0v) is 19.9. The molecule has 7 nitrogen and oxygen atoms in total. The lowest BCUT2D eigenvalue weighted by atomic mass is 10.1. The van der Waals surface area contributed by atoms with Gasteiger partial charge in [0.25, 0.3) is 0 Å². The fourth-order valence-corrected chi connectivity index (χ4v) is 4.03. The Hall–Kier alpha value is -2.39. The first-order valence-corrected chi connectivity index (χ1v) is 11.3. The first kappa shape index (κ1) is 25.2. The summed E-state index contributed by atoms with van der Waals surface area (Å²) in [7, 11) is 1.54. The van der Waals surface area contributed by atoms with Crippen molar-refractivity contribution in [1.29, 1.82) is 0 Å². The summed E-state index contributed by atoms with van der Waals surface area (Å²) in [5.74, 6) is 0.0713. The largest absolute Gasteiger partial charge is 0.495 e. The van der Waals surface area contributed by atoms with Crippen LogP contribution < -0.4 is 14.8 Å². The standard InChI is InChI=1S/C24H31ClFN3O4/c1-16-10-21(23(32-3)11-19(16)25)27-24(31)14-28-8-9-29(17(2)12-28)13-18(30)15-33-22-7-5-4-6-20(22)26/h4-7,10-11,17-18,30H,8-9,12-15H2,1-3H3,(H,27,31)/t17-,18-/m0/s1. The summed E-state index contributed by atoms with van der Waals surface area (Å²) in [4.78, 5) is 16.8. The van der Waals surface area contributed by atoms with Gasteiger partial charge in [-0.25, -0.2) is 4.39 Å². The van der Waals surface area contributed by atoms with Gasteiger partial charge in [0.1, 0.15) is 18.5 Å². The van der Waals surface area contributed by atoms with Crippen LogP contribution in [0.15, 0.2) is 36.4 Å². The number of ether oxygens (including phenoxy) is 2. The highest BCUT2D eigenvalue weighted by molar-refractivity contribution is 6.31. The summed E-state index contributed by atoms with van der Waals surface area (Å²) in [5.41, 5.74) is 1.45. The highest BCUT2D eigenvalue weighted by atomic mass is 35.5. The molecule has 2 aromatic carbocycles. The molecule has 1 heterocycles. The molecule has 2 N–H and O–H groups in total. The van der Waals surface area contributed by atoms with Crippen LogP contribution >= 0.6 is 11.6 Å². The maximum Gasteiger partial charge on any atom is 0.238 e. The van der Waals surface area contributed by atoms with Crippen molar-refractivity contribution in [3.05, 3.63) is 52.8 Å². The molecule has 1 amide bonds. The van der Waals surface area contributed by atoms with Crippen LogP contribution in [-0.2, 0) is 4.79 Å². The second-order valence-corrected chi connectivity index (χ2v) is 8.73. The Labute approximate surface area is 199 Å². The molecule has 2 aromatic rings. The molecule has 1 saturated heterocycles. The number of piperazine rings is 1. The number of aliphatic hydroxyl groups is 1. The van der Waals surface area contributed by atoms with Crippen molar-refractivity contribution in [3.63, 3.8) is 0 Å². The van der Waals surface area contributed by atoms with E-state index in [1.807, 2.05) is 6.92 Å². The smallest absolute Gasteiger partial charge is 0.238 e. The molecule has 0 saturated carbocycles. The quantitative estimate of drug-likeness (QED) is 0.575. The number of rotatable bonds is 9. The Balaban J connectivity index is 1.45. The van der Waals surface area contributed by atoms with E-state index in [0.717, 1.165) is 5.56 Å². The number of anilines is 1. The normalized spacial score (nSPS) is 18.1. The molecule has 0 radical (unpaired) electrons. The summed E-state index contributed by atoms with van der Waals surface area (Å²) in [6, 6.07) is 9.76. The van der Waals surface area contributed by atoms with Crippen LogP contribution in [0.2, 0.25) is 5.02 Å². The van der Waals surface area contributed by atoms with Crippen LogP contribution in [0.3, 0.4) is 0 Å². The lowest BCUT2D eigenvalue weighted by Crippen LogP contribution is -2.55. The molecular weight excluding hydrogens is 449 g/mol. The summed E-state index contributed by atoms with van der Waals surface area (Å²) in [6.07, 6.45) is -0.748. The number of hydrogen-bond donors (Lipinski definition) is 2. The minimum absolute atomic E-state index is 0.0125. The maximum absolute atomic E-state index is 13.7. The molecule has 1 aliphatic rings. The van der Waals surface area contributed by atoms with E-state index in [1.165, 1.54) is 19.2 Å². The Morgan fingerprint density at radius 3 is 2.76 bits per heavy atom. The third-order valence-electron chi connectivity index (χ3n) is 5.68. The van der Waals surface area contributed by atoms with E-state index in [0.29, 0.717) is 42.6 Å². The first-order chi connectivity index (χ1) is 15.8. The number of methoxy groups -OCH3 is 1. The molecular formula is C24H31ClFN3O4. The number of halogens is 2. The second kappa shape index (κ2) is 11.7. The van der Waals surface area contributed by atoms with E-state index in [2.05, 4.69) is 22.0 Å². The average Bonchev–Trinajstić information content (AvgIpc) is 2.77. The van der Waals surface area contributed by atoms with Crippen molar-refractivity contribution >= 4 is 23.2 Å². The summed E-state index contributed by atoms with van der Waals surface area (Å²) in [5, 5.41) is 13.8. The summed E-state index contributed by atoms with van der Waals surface area (Å²) in [6.45, 7) is 6.68. The van der Waals surface area contributed by atoms with Crippen LogP contribution in [0.4, 0.5) is 10.1 Å². The third kappa shape index (κ3) is 7.04. The molecule has 33 heavy (non-hydrogen) atoms. The molecule has 9 heteroatoms. The molecule has 2 atom stereocenters. The number of hydrogen-bond acceptors (Lipinski definition) is 6. The highest BCUT2D eigenvalue weighted by Crippen LogP contribution is 2.31. The molecule has 1 aliphatic heterocycles. The number of carbonyl (C=O) groups excluding carboxylic acids is 1. The van der Waals surface area contributed by atoms with E-state index in [4.69, 9.17) is 21.1 Å². The van der Waals surface area contributed by atoms with Gasteiger partial charge in [-0.1, -0.05) is 23.7 Å². The van der Waals surface area contributed by atoms with Crippen molar-refractivity contribution in [2.75, 3.05) is 51.8 Å². The topological polar surface area (TPSA) is 74.3 Å². The molecule has 0 aromatic heterocycles. The van der Waals surface area contributed by atoms with Crippen molar-refractivity contribution < 1.29 is 23.8 Å². The van der Waals surface area contributed by atoms with Gasteiger partial charge in [0.05, 0.1) is 19.3 Å². The van der Waals surface area contributed by atoms with E-state index in [-0.39, 0.29) is 30.9 Å². The lowest BCUT2D eigenvalue weighted by Gasteiger charge is -2.40. The zero-order valence-electron chi connectivity index (χ0n) is 19.2. The molecule has 0 unspecified atom stereocenters. The molecule has 1 fully saturated rings. The maximum atomic E-state index is 13.7. The number of nitrogens with one attached hydrogen (secondary N) is 1. The van der Waals surface area contributed by atoms with Gasteiger partial charge in [0, 0.05) is 43.3 Å². The predicted octanol–water partition coefficient (Wildman–Crippen LogP) is 3.18. The van der Waals surface area contributed by atoms with Gasteiger partial charge in [0.2, 0.25) is 5.91 Å². The SMILES string of the molecule is COc1cc(Cl)c(C)cc1NC(=O)CN1CCN(C[C@H](O)COc2ccccc2F)[C@@H](C)C1. The van der Waals surface area contributed by atoms with Gasteiger partial charge >= 0.3 is 0 Å². The molecule has 3 rings (SSSR count). The Morgan fingerprint density at radius 2 is 2.06 bits per heavy atom. The van der Waals surface area contributed by atoms with Gasteiger partial charge in [-0.05, 0) is 37.6 Å². The Kier molecular flexibility index (Phi) is 8.91. The monoisotopic (exact) mass is 479 g/mol. The third-order valence-corrected chi connectivity index (χ3v) is 6.09. The van der Waals surface area contributed by atoms with Crippen molar-refractivity contribution in [3.8, 4) is 11.5 Å². The van der Waals surface area contributed by atoms with Gasteiger partial charge in [-0.15, -0.1) is 0 Å². The number of para-hydroxylation sites is 1. The van der Waals surface area contributed by atoms with Crippen molar-refractivity contribution in [2.45, 2.75) is 26.0 Å². The number of aliphatic hydroxyl groups excluding tert-OH is 1. The number of nitrogens with zero attached hydrogens (tertiary/aromatic N) is 2. The van der Waals surface area contributed by atoms with Gasteiger partial charge < -0.3 is 19.9 Å². The van der Waals surface area contributed by atoms with Gasteiger partial charge in [-0.2, -0.15) is 0 Å². The van der Waals surface area contributed by atoms with E-state index in [9.17, 15) is 14.3 Å². The number of amides is 1.